The van der Waals surface area contributed by atoms with Crippen LogP contribution in [0.3, 0.4) is 0 Å². The van der Waals surface area contributed by atoms with Gasteiger partial charge >= 0.3 is 82.3 Å². The Hall–Kier alpha value is -0.470. The summed E-state index contributed by atoms with van der Waals surface area (Å²) in [4.78, 5) is 10.3. The third-order valence-electron chi connectivity index (χ3n) is 1.13. The number of alkyl halides is 3. The van der Waals surface area contributed by atoms with Gasteiger partial charge in [-0.15, -0.1) is 0 Å². The Balaban J connectivity index is 2.46. The number of hydrogen-bond acceptors (Lipinski definition) is 2. The van der Waals surface area contributed by atoms with Crippen LogP contribution in [0, 0.1) is 0 Å². The Bertz CT molecular complexity index is 257. The van der Waals surface area contributed by atoms with Crippen molar-refractivity contribution in [3.8, 4) is 0 Å². The quantitative estimate of drug-likeness (QED) is 0.538. The van der Waals surface area contributed by atoms with E-state index in [4.69, 9.17) is 0 Å². The second-order valence-corrected chi connectivity index (χ2v) is 5.00. The first-order valence-electron chi connectivity index (χ1n) is 3.27. The molecule has 72 valence electrons. The number of hydrogen-bond donors (Lipinski definition) is 0. The minimum absolute atomic E-state index is 0.662. The number of allylic oxidation sites excluding steroid dienone is 2. The number of esters is 1. The molecule has 0 aromatic rings. The minimum atomic E-state index is -4.89. The maximum absolute atomic E-state index is 11.7. The van der Waals surface area contributed by atoms with Crippen molar-refractivity contribution in [2.75, 3.05) is 0 Å². The van der Waals surface area contributed by atoms with E-state index in [0.29, 0.717) is 0 Å². The molecule has 0 aromatic carbocycles. The monoisotopic (exact) mass is 308 g/mol. The van der Waals surface area contributed by atoms with Crippen LogP contribution in [0.5, 0.6) is 0 Å². The van der Waals surface area contributed by atoms with Crippen LogP contribution in [0.1, 0.15) is 0 Å². The van der Waals surface area contributed by atoms with E-state index in [0.717, 1.165) is 0 Å². The summed E-state index contributed by atoms with van der Waals surface area (Å²) in [5.41, 5.74) is 0. The SMILES string of the molecule is O=C(OC1C=CC=C[Te]1)C(F)(F)F. The fraction of sp³-hybridized carbons (Fsp3) is 0.286. The summed E-state index contributed by atoms with van der Waals surface area (Å²) >= 11 is -0.813. The zero-order chi connectivity index (χ0) is 9.90. The van der Waals surface area contributed by atoms with Crippen molar-refractivity contribution < 1.29 is 22.7 Å². The molecule has 1 aliphatic rings. The van der Waals surface area contributed by atoms with Gasteiger partial charge in [0.1, 0.15) is 0 Å². The molecule has 1 aliphatic heterocycles. The summed E-state index contributed by atoms with van der Waals surface area (Å²) in [5.74, 6) is -2.11. The molecule has 0 saturated carbocycles. The van der Waals surface area contributed by atoms with Gasteiger partial charge < -0.3 is 0 Å². The van der Waals surface area contributed by atoms with Crippen molar-refractivity contribution in [2.24, 2.45) is 0 Å². The van der Waals surface area contributed by atoms with Crippen LogP contribution in [-0.4, -0.2) is 37.2 Å². The molecule has 1 rings (SSSR count). The second kappa shape index (κ2) is 4.16. The summed E-state index contributed by atoms with van der Waals surface area (Å²) in [5, 5.41) is 0. The fourth-order valence-electron chi connectivity index (χ4n) is 0.608. The van der Waals surface area contributed by atoms with Crippen molar-refractivity contribution in [2.45, 2.75) is 10.3 Å². The molecule has 0 saturated heterocycles. The molecular formula is C7H5F3O2Te. The molecule has 0 radical (unpaired) electrons. The molecule has 0 bridgehead atoms. The average molecular weight is 306 g/mol. The van der Waals surface area contributed by atoms with E-state index in [1.165, 1.54) is 6.08 Å². The molecule has 13 heavy (non-hydrogen) atoms. The summed E-state index contributed by atoms with van der Waals surface area (Å²) in [6, 6.07) is 0. The third kappa shape index (κ3) is 3.41. The van der Waals surface area contributed by atoms with Crippen molar-refractivity contribution in [3.05, 3.63) is 22.4 Å². The van der Waals surface area contributed by atoms with E-state index in [1.807, 2.05) is 0 Å². The van der Waals surface area contributed by atoms with E-state index >= 15 is 0 Å². The van der Waals surface area contributed by atoms with Gasteiger partial charge in [0.05, 0.1) is 0 Å². The molecule has 0 aromatic heterocycles. The molecule has 0 N–H and O–H groups in total. The first-order valence-corrected chi connectivity index (χ1v) is 5.96. The zero-order valence-corrected chi connectivity index (χ0v) is 8.58. The summed E-state index contributed by atoms with van der Waals surface area (Å²) in [7, 11) is 0. The standard InChI is InChI=1S/C7H5F3O2Te/c8-7(9,10)6(11)12-5-3-1-2-4-13-5/h1-5H. The van der Waals surface area contributed by atoms with Gasteiger partial charge in [0.2, 0.25) is 0 Å². The van der Waals surface area contributed by atoms with Gasteiger partial charge in [-0.2, -0.15) is 0 Å². The van der Waals surface area contributed by atoms with Crippen molar-refractivity contribution in [1.29, 1.82) is 0 Å². The number of halogens is 3. The van der Waals surface area contributed by atoms with E-state index in [-0.39, 0.29) is 0 Å². The Morgan fingerprint density at radius 3 is 2.54 bits per heavy atom. The van der Waals surface area contributed by atoms with E-state index in [1.54, 1.807) is 16.3 Å². The van der Waals surface area contributed by atoms with Crippen LogP contribution < -0.4 is 0 Å². The predicted molar refractivity (Wildman–Crippen MR) is 40.0 cm³/mol. The van der Waals surface area contributed by atoms with Crippen LogP contribution in [0.15, 0.2) is 22.4 Å². The van der Waals surface area contributed by atoms with Crippen LogP contribution in [-0.2, 0) is 9.53 Å². The van der Waals surface area contributed by atoms with Gasteiger partial charge in [-0.25, -0.2) is 0 Å². The fourth-order valence-corrected chi connectivity index (χ4v) is 2.49. The van der Waals surface area contributed by atoms with Crippen LogP contribution >= 0.6 is 0 Å². The molecule has 0 aliphatic carbocycles. The van der Waals surface area contributed by atoms with E-state index in [2.05, 4.69) is 4.74 Å². The number of carbonyl (C=O) groups is 1. The molecule has 0 amide bonds. The van der Waals surface area contributed by atoms with Gasteiger partial charge in [-0.1, -0.05) is 0 Å². The zero-order valence-electron chi connectivity index (χ0n) is 6.25. The third-order valence-corrected chi connectivity index (χ3v) is 3.51. The van der Waals surface area contributed by atoms with E-state index in [9.17, 15) is 18.0 Å². The van der Waals surface area contributed by atoms with Crippen LogP contribution in [0.25, 0.3) is 0 Å². The molecule has 1 heterocycles. The molecule has 1 atom stereocenters. The van der Waals surface area contributed by atoms with E-state index < -0.39 is 37.2 Å². The van der Waals surface area contributed by atoms with Gasteiger partial charge in [0, 0.05) is 0 Å². The first-order chi connectivity index (χ1) is 6.00. The average Bonchev–Trinajstić information content (AvgIpc) is 2.04. The normalized spacial score (nSPS) is 21.6. The van der Waals surface area contributed by atoms with Gasteiger partial charge in [-0.3, -0.25) is 0 Å². The molecule has 2 nitrogen and oxygen atoms in total. The Morgan fingerprint density at radius 1 is 1.38 bits per heavy atom. The van der Waals surface area contributed by atoms with Gasteiger partial charge in [0.15, 0.2) is 0 Å². The first kappa shape index (κ1) is 10.6. The number of carbonyl (C=O) groups excluding carboxylic acids is 1. The summed E-state index contributed by atoms with van der Waals surface area (Å²) in [6.45, 7) is 0. The predicted octanol–water partition coefficient (Wildman–Crippen LogP) is 1.21. The van der Waals surface area contributed by atoms with Crippen molar-refractivity contribution in [3.63, 3.8) is 0 Å². The Labute approximate surface area is 82.5 Å². The molecule has 1 unspecified atom stereocenters. The number of ether oxygens (including phenoxy) is 1. The molecular weight excluding hydrogens is 301 g/mol. The Morgan fingerprint density at radius 2 is 2.08 bits per heavy atom. The summed E-state index contributed by atoms with van der Waals surface area (Å²) in [6.07, 6.45) is -0.114. The Kier molecular flexibility index (Phi) is 3.40. The van der Waals surface area contributed by atoms with Gasteiger partial charge in [-0.05, 0) is 0 Å². The maximum atomic E-state index is 11.7. The molecule has 0 spiro atoms. The second-order valence-electron chi connectivity index (χ2n) is 2.12. The number of rotatable bonds is 1. The summed E-state index contributed by atoms with van der Waals surface area (Å²) < 4.78 is 40.4. The topological polar surface area (TPSA) is 26.3 Å². The molecule has 6 heteroatoms. The van der Waals surface area contributed by atoms with Crippen LogP contribution in [0.4, 0.5) is 13.2 Å². The van der Waals surface area contributed by atoms with Crippen molar-refractivity contribution in [1.82, 2.24) is 0 Å². The van der Waals surface area contributed by atoms with Crippen molar-refractivity contribution >= 4 is 26.9 Å². The van der Waals surface area contributed by atoms with Gasteiger partial charge in [0.25, 0.3) is 0 Å². The van der Waals surface area contributed by atoms with Crippen LogP contribution in [0.2, 0.25) is 0 Å². The molecule has 0 fully saturated rings.